The summed E-state index contributed by atoms with van der Waals surface area (Å²) in [5.41, 5.74) is -3.75. The molecule has 0 unspecified atom stereocenters. The molecule has 3 radical (unpaired) electrons. The van der Waals surface area contributed by atoms with Crippen LogP contribution in [0.3, 0.4) is 0 Å². The summed E-state index contributed by atoms with van der Waals surface area (Å²) in [6.45, 7) is 0. The van der Waals surface area contributed by atoms with Crippen molar-refractivity contribution >= 4 is 212 Å². The van der Waals surface area contributed by atoms with Gasteiger partial charge in [-0.25, -0.2) is 4.79 Å². The van der Waals surface area contributed by atoms with E-state index in [0.717, 1.165) is 84.9 Å². The fraction of sp³-hybridized carbons (Fsp3) is 0. The topological polar surface area (TPSA) is 426 Å². The average Bonchev–Trinajstić information content (AvgIpc) is 3.18. The van der Waals surface area contributed by atoms with Crippen LogP contribution < -0.4 is 21.3 Å². The molecule has 34 heteroatoms. The number of hydrogen-bond donors (Lipinski definition) is 10. The Morgan fingerprint density at radius 1 is 0.348 bits per heavy atom. The Bertz CT molecular complexity index is 3590. The Kier molecular flexibility index (Phi) is 18.8. The molecular weight excluding hydrogens is 1070 g/mol. The number of urea groups is 1. The van der Waals surface area contributed by atoms with Crippen LogP contribution in [0.1, 0.15) is 20.7 Å². The predicted molar refractivity (Wildman–Crippen MR) is 245 cm³/mol. The number of fused-ring (bicyclic) bond motifs is 2. The van der Waals surface area contributed by atoms with Crippen molar-refractivity contribution in [3.63, 3.8) is 0 Å². The fourth-order valence-electron chi connectivity index (χ4n) is 6.46. The van der Waals surface area contributed by atoms with E-state index < -0.39 is 163 Å². The minimum Gasteiger partial charge on any atom is -0.321 e. The van der Waals surface area contributed by atoms with Crippen LogP contribution in [0.25, 0.3) is 21.5 Å². The molecule has 10 N–H and O–H groups in total. The summed E-state index contributed by atoms with van der Waals surface area (Å²) in [7, 11) is -31.1. The van der Waals surface area contributed by atoms with Gasteiger partial charge in [0.05, 0.1) is 22.5 Å². The molecular formula is C35H26N4Na3O21S6. The zero-order chi connectivity index (χ0) is 49.1. The van der Waals surface area contributed by atoms with Gasteiger partial charge in [0.25, 0.3) is 72.5 Å². The molecule has 0 heterocycles. The molecule has 351 valence electrons. The van der Waals surface area contributed by atoms with Gasteiger partial charge in [-0.2, -0.15) is 50.5 Å². The minimum absolute atomic E-state index is 0. The third-order valence-corrected chi connectivity index (χ3v) is 14.5. The van der Waals surface area contributed by atoms with Gasteiger partial charge in [0.1, 0.15) is 29.4 Å². The molecule has 0 aromatic heterocycles. The van der Waals surface area contributed by atoms with Crippen LogP contribution in [0.2, 0.25) is 0 Å². The number of amides is 4. The van der Waals surface area contributed by atoms with Gasteiger partial charge in [0.15, 0.2) is 0 Å². The molecule has 0 aliphatic carbocycles. The first-order chi connectivity index (χ1) is 30.3. The maximum atomic E-state index is 13.5. The van der Waals surface area contributed by atoms with Gasteiger partial charge in [0, 0.05) is 122 Å². The zero-order valence-electron chi connectivity index (χ0n) is 35.0. The molecule has 0 fully saturated rings. The van der Waals surface area contributed by atoms with Crippen molar-refractivity contribution < 1.29 is 92.2 Å². The standard InChI is InChI=1S/C35H26N4O21S6.3Na/c40-33(38-23-11-13-25(61(43,44)45)19-3-1-5-27(31(19)23)63(49,50)51)21-9-7-17(15-29(21)65(55,56)57)36-35(42)37-18-8-10-22(30(16-18)66(58,59)60)34(41)39-24-12-14-26(62(46,47)48)20-4-2-6-28(32(20)24)64(52,53)54;;;/h1-16H,(H,38,40)(H,39,41)(H2,36,37,42)(H,43,44,45)(H,46,47,48)(H,49,50,51)(H,52,53,54)(H,55,56,57)(H,58,59,60);;;. The van der Waals surface area contributed by atoms with Crippen molar-refractivity contribution in [1.82, 2.24) is 0 Å². The second-order valence-corrected chi connectivity index (χ2v) is 21.7. The van der Waals surface area contributed by atoms with Gasteiger partial charge in [-0.3, -0.25) is 36.9 Å². The van der Waals surface area contributed by atoms with E-state index in [-0.39, 0.29) is 88.7 Å². The number of benzene rings is 6. The summed E-state index contributed by atoms with van der Waals surface area (Å²) in [5, 5.41) is 6.18. The number of carbonyl (C=O) groups is 3. The molecule has 0 spiro atoms. The quantitative estimate of drug-likeness (QED) is 0.0621. The van der Waals surface area contributed by atoms with Crippen molar-refractivity contribution in [2.75, 3.05) is 21.3 Å². The summed E-state index contributed by atoms with van der Waals surface area (Å²) in [4.78, 5) is 34.0. The summed E-state index contributed by atoms with van der Waals surface area (Å²) in [6, 6.07) is 11.9. The van der Waals surface area contributed by atoms with Crippen LogP contribution in [0.4, 0.5) is 27.5 Å². The fourth-order valence-corrected chi connectivity index (χ4v) is 10.7. The van der Waals surface area contributed by atoms with Crippen LogP contribution >= 0.6 is 0 Å². The first-order valence-corrected chi connectivity index (χ1v) is 25.9. The van der Waals surface area contributed by atoms with Crippen LogP contribution in [-0.4, -0.2) is 184 Å². The molecule has 6 aromatic carbocycles. The van der Waals surface area contributed by atoms with Gasteiger partial charge >= 0.3 is 6.03 Å². The Morgan fingerprint density at radius 3 is 0.942 bits per heavy atom. The van der Waals surface area contributed by atoms with E-state index in [4.69, 9.17) is 0 Å². The van der Waals surface area contributed by atoms with E-state index in [0.29, 0.717) is 12.1 Å². The van der Waals surface area contributed by atoms with Crippen LogP contribution in [-0.2, 0) is 60.7 Å². The van der Waals surface area contributed by atoms with E-state index in [1.54, 1.807) is 0 Å². The van der Waals surface area contributed by atoms with Crippen molar-refractivity contribution in [1.29, 1.82) is 0 Å². The summed E-state index contributed by atoms with van der Waals surface area (Å²) < 4.78 is 206. The number of anilines is 4. The molecule has 4 amide bonds. The van der Waals surface area contributed by atoms with Crippen molar-refractivity contribution in [2.45, 2.75) is 29.4 Å². The summed E-state index contributed by atoms with van der Waals surface area (Å²) >= 11 is 0. The Morgan fingerprint density at radius 2 is 0.652 bits per heavy atom. The third-order valence-electron chi connectivity index (χ3n) is 9.06. The number of nitrogens with one attached hydrogen (secondary N) is 4. The van der Waals surface area contributed by atoms with Crippen molar-refractivity contribution in [2.24, 2.45) is 0 Å². The van der Waals surface area contributed by atoms with Crippen molar-refractivity contribution in [3.8, 4) is 0 Å². The van der Waals surface area contributed by atoms with E-state index in [2.05, 4.69) is 21.3 Å². The van der Waals surface area contributed by atoms with E-state index >= 15 is 0 Å². The molecule has 0 bridgehead atoms. The number of hydrogen-bond acceptors (Lipinski definition) is 15. The maximum absolute atomic E-state index is 13.5. The molecule has 0 saturated carbocycles. The molecule has 0 aliphatic rings. The minimum atomic E-state index is -5.37. The molecule has 0 saturated heterocycles. The maximum Gasteiger partial charge on any atom is 0.323 e. The SMILES string of the molecule is O=C(Nc1ccc(C(=O)Nc2ccc(S(=O)(=O)O)c3cccc(S(=O)(=O)O)c23)c(S(=O)(=O)O)c1)Nc1ccc(C(=O)Nc2ccc(S(=O)(=O)O)c3cccc(S(=O)(=O)O)c23)c(S(=O)(=O)O)c1.[Na].[Na].[Na]. The predicted octanol–water partition coefficient (Wildman–Crippen LogP) is 2.48. The van der Waals surface area contributed by atoms with E-state index in [1.807, 2.05) is 0 Å². The summed E-state index contributed by atoms with van der Waals surface area (Å²) in [6.07, 6.45) is 0. The molecule has 0 aliphatic heterocycles. The van der Waals surface area contributed by atoms with Gasteiger partial charge in [-0.1, -0.05) is 24.3 Å². The molecule has 25 nitrogen and oxygen atoms in total. The largest absolute Gasteiger partial charge is 0.323 e. The first kappa shape index (κ1) is 59.8. The van der Waals surface area contributed by atoms with E-state index in [9.17, 15) is 92.2 Å². The van der Waals surface area contributed by atoms with Gasteiger partial charge in [0.2, 0.25) is 0 Å². The van der Waals surface area contributed by atoms with Crippen LogP contribution in [0, 0.1) is 0 Å². The zero-order valence-corrected chi connectivity index (χ0v) is 45.9. The van der Waals surface area contributed by atoms with Crippen molar-refractivity contribution in [3.05, 3.63) is 108 Å². The third kappa shape index (κ3) is 13.5. The number of carbonyl (C=O) groups excluding carboxylic acids is 3. The molecule has 6 aromatic rings. The average molecular weight is 1100 g/mol. The van der Waals surface area contributed by atoms with Gasteiger partial charge < -0.3 is 21.3 Å². The normalized spacial score (nSPS) is 12.1. The molecule has 69 heavy (non-hydrogen) atoms. The van der Waals surface area contributed by atoms with Gasteiger partial charge in [-0.05, 0) is 72.8 Å². The smallest absolute Gasteiger partial charge is 0.321 e. The Hall–Kier alpha value is -3.49. The summed E-state index contributed by atoms with van der Waals surface area (Å²) in [5.74, 6) is -2.79. The number of rotatable bonds is 12. The Labute approximate surface area is 457 Å². The Balaban J connectivity index is 0.00000420. The van der Waals surface area contributed by atoms with Gasteiger partial charge in [-0.15, -0.1) is 0 Å². The van der Waals surface area contributed by atoms with Crippen LogP contribution in [0.15, 0.2) is 126 Å². The monoisotopic (exact) mass is 1100 g/mol. The second-order valence-electron chi connectivity index (χ2n) is 13.3. The van der Waals surface area contributed by atoms with Crippen LogP contribution in [0.5, 0.6) is 0 Å². The second kappa shape index (κ2) is 21.7. The molecule has 0 atom stereocenters. The molecule has 6 rings (SSSR count). The van der Waals surface area contributed by atoms with E-state index in [1.165, 1.54) is 0 Å². The first-order valence-electron chi connectivity index (χ1n) is 17.2.